The molecule has 6 nitrogen and oxygen atoms in total. The number of aliphatic carboxylic acids is 1. The third kappa shape index (κ3) is 4.55. The number of carboxylic acid groups (broad SMARTS) is 1. The summed E-state index contributed by atoms with van der Waals surface area (Å²) in [5, 5.41) is 12.7. The Morgan fingerprint density at radius 1 is 1.15 bits per heavy atom. The lowest BCUT2D eigenvalue weighted by Gasteiger charge is -2.16. The Hall–Kier alpha value is -2.08. The lowest BCUT2D eigenvalue weighted by molar-refractivity contribution is -0.142. The van der Waals surface area contributed by atoms with Crippen molar-refractivity contribution in [2.75, 3.05) is 19.6 Å². The third-order valence-electron chi connectivity index (χ3n) is 5.22. The summed E-state index contributed by atoms with van der Waals surface area (Å²) in [4.78, 5) is 37.4. The van der Waals surface area contributed by atoms with Crippen molar-refractivity contribution in [1.82, 2.24) is 10.2 Å². The monoisotopic (exact) mass is 378 g/mol. The molecule has 1 saturated heterocycles. The van der Waals surface area contributed by atoms with Crippen LogP contribution < -0.4 is 5.32 Å². The minimum atomic E-state index is -0.799. The van der Waals surface area contributed by atoms with Gasteiger partial charge in [-0.05, 0) is 55.4 Å². The first-order chi connectivity index (χ1) is 12.5. The average Bonchev–Trinajstić information content (AvgIpc) is 3.36. The fourth-order valence-electron chi connectivity index (χ4n) is 3.60. The number of rotatable bonds is 7. The molecule has 0 spiro atoms. The summed E-state index contributed by atoms with van der Waals surface area (Å²) in [7, 11) is 0. The second kappa shape index (κ2) is 8.08. The molecule has 2 amide bonds. The van der Waals surface area contributed by atoms with Gasteiger partial charge < -0.3 is 15.3 Å². The summed E-state index contributed by atoms with van der Waals surface area (Å²) in [6, 6.07) is 6.61. The molecule has 0 bridgehead atoms. The van der Waals surface area contributed by atoms with E-state index in [9.17, 15) is 19.5 Å². The van der Waals surface area contributed by atoms with Crippen LogP contribution in [0.3, 0.4) is 0 Å². The van der Waals surface area contributed by atoms with E-state index in [1.54, 1.807) is 29.2 Å². The molecule has 1 heterocycles. The Labute approximate surface area is 157 Å². The smallest absolute Gasteiger partial charge is 0.308 e. The van der Waals surface area contributed by atoms with Crippen LogP contribution in [0.25, 0.3) is 0 Å². The SMILES string of the molecule is O=C(NCCCC(=O)N1C[C@H](C(=O)O)[C@@H](C2CC2)C1)c1ccc(Cl)cc1. The van der Waals surface area contributed by atoms with E-state index < -0.39 is 11.9 Å². The molecule has 2 atom stereocenters. The van der Waals surface area contributed by atoms with Gasteiger partial charge in [-0.1, -0.05) is 11.6 Å². The quantitative estimate of drug-likeness (QED) is 0.713. The predicted molar refractivity (Wildman–Crippen MR) is 96.9 cm³/mol. The number of nitrogens with one attached hydrogen (secondary N) is 1. The van der Waals surface area contributed by atoms with Crippen LogP contribution in [0.1, 0.15) is 36.0 Å². The van der Waals surface area contributed by atoms with Gasteiger partial charge in [0.1, 0.15) is 0 Å². The van der Waals surface area contributed by atoms with Crippen LogP contribution in [0.4, 0.5) is 0 Å². The molecular formula is C19H23ClN2O4. The summed E-state index contributed by atoms with van der Waals surface area (Å²) in [5.41, 5.74) is 0.525. The summed E-state index contributed by atoms with van der Waals surface area (Å²) >= 11 is 5.79. The van der Waals surface area contributed by atoms with Crippen LogP contribution in [0, 0.1) is 17.8 Å². The number of benzene rings is 1. The lowest BCUT2D eigenvalue weighted by Crippen LogP contribution is -2.31. The summed E-state index contributed by atoms with van der Waals surface area (Å²) in [6.45, 7) is 1.26. The van der Waals surface area contributed by atoms with Crippen molar-refractivity contribution in [1.29, 1.82) is 0 Å². The first kappa shape index (κ1) is 18.7. The Morgan fingerprint density at radius 3 is 2.46 bits per heavy atom. The minimum Gasteiger partial charge on any atom is -0.481 e. The highest BCUT2D eigenvalue weighted by Crippen LogP contribution is 2.44. The van der Waals surface area contributed by atoms with E-state index in [2.05, 4.69) is 5.32 Å². The standard InChI is InChI=1S/C19H23ClN2O4/c20-14-7-5-13(6-8-14)18(24)21-9-1-2-17(23)22-10-15(12-3-4-12)16(11-22)19(25)26/h5-8,12,15-16H,1-4,9-11H2,(H,21,24)(H,25,26)/t15-,16+/m1/s1. The Kier molecular flexibility index (Phi) is 5.81. The van der Waals surface area contributed by atoms with E-state index in [1.165, 1.54) is 0 Å². The van der Waals surface area contributed by atoms with E-state index in [0.29, 0.717) is 49.0 Å². The molecule has 26 heavy (non-hydrogen) atoms. The Morgan fingerprint density at radius 2 is 1.85 bits per heavy atom. The molecular weight excluding hydrogens is 356 g/mol. The van der Waals surface area contributed by atoms with Crippen LogP contribution in [0.15, 0.2) is 24.3 Å². The maximum atomic E-state index is 12.4. The lowest BCUT2D eigenvalue weighted by atomic mass is 9.92. The van der Waals surface area contributed by atoms with Crippen LogP contribution in [-0.4, -0.2) is 47.4 Å². The highest BCUT2D eigenvalue weighted by Gasteiger charge is 2.46. The summed E-state index contributed by atoms with van der Waals surface area (Å²) < 4.78 is 0. The molecule has 3 rings (SSSR count). The van der Waals surface area contributed by atoms with E-state index >= 15 is 0 Å². The van der Waals surface area contributed by atoms with Gasteiger partial charge in [0.15, 0.2) is 0 Å². The Balaban J connectivity index is 1.41. The first-order valence-electron chi connectivity index (χ1n) is 9.00. The normalized spacial score (nSPS) is 22.3. The van der Waals surface area contributed by atoms with Gasteiger partial charge >= 0.3 is 5.97 Å². The van der Waals surface area contributed by atoms with Crippen molar-refractivity contribution in [2.24, 2.45) is 17.8 Å². The van der Waals surface area contributed by atoms with Gasteiger partial charge in [0.05, 0.1) is 5.92 Å². The van der Waals surface area contributed by atoms with Crippen molar-refractivity contribution < 1.29 is 19.5 Å². The van der Waals surface area contributed by atoms with E-state index in [-0.39, 0.29) is 17.7 Å². The van der Waals surface area contributed by atoms with Gasteiger partial charge in [-0.2, -0.15) is 0 Å². The van der Waals surface area contributed by atoms with Crippen molar-refractivity contribution >= 4 is 29.4 Å². The van der Waals surface area contributed by atoms with E-state index in [1.807, 2.05) is 0 Å². The first-order valence-corrected chi connectivity index (χ1v) is 9.38. The van der Waals surface area contributed by atoms with Crippen LogP contribution in [0.5, 0.6) is 0 Å². The predicted octanol–water partition coefficient (Wildman–Crippen LogP) is 2.42. The summed E-state index contributed by atoms with van der Waals surface area (Å²) in [5.74, 6) is -0.896. The second-order valence-corrected chi connectivity index (χ2v) is 7.55. The van der Waals surface area contributed by atoms with Gasteiger partial charge in [0.25, 0.3) is 5.91 Å². The second-order valence-electron chi connectivity index (χ2n) is 7.11. The molecule has 1 aliphatic carbocycles. The maximum Gasteiger partial charge on any atom is 0.308 e. The fourth-order valence-corrected chi connectivity index (χ4v) is 3.72. The average molecular weight is 379 g/mol. The third-order valence-corrected chi connectivity index (χ3v) is 5.47. The molecule has 2 fully saturated rings. The number of carboxylic acids is 1. The van der Waals surface area contributed by atoms with Crippen molar-refractivity contribution in [2.45, 2.75) is 25.7 Å². The van der Waals surface area contributed by atoms with Crippen LogP contribution in [0.2, 0.25) is 5.02 Å². The molecule has 1 aliphatic heterocycles. The van der Waals surface area contributed by atoms with Gasteiger partial charge in [-0.15, -0.1) is 0 Å². The fraction of sp³-hybridized carbons (Fsp3) is 0.526. The highest BCUT2D eigenvalue weighted by atomic mass is 35.5. The summed E-state index contributed by atoms with van der Waals surface area (Å²) in [6.07, 6.45) is 2.99. The van der Waals surface area contributed by atoms with Crippen molar-refractivity contribution in [3.63, 3.8) is 0 Å². The van der Waals surface area contributed by atoms with E-state index in [4.69, 9.17) is 11.6 Å². The number of likely N-dealkylation sites (tertiary alicyclic amines) is 1. The topological polar surface area (TPSA) is 86.7 Å². The molecule has 7 heteroatoms. The number of halogens is 1. The van der Waals surface area contributed by atoms with Gasteiger partial charge in [-0.3, -0.25) is 14.4 Å². The number of nitrogens with zero attached hydrogens (tertiary/aromatic N) is 1. The molecule has 140 valence electrons. The Bertz CT molecular complexity index is 687. The van der Waals surface area contributed by atoms with E-state index in [0.717, 1.165) is 12.8 Å². The molecule has 0 aromatic heterocycles. The zero-order valence-electron chi connectivity index (χ0n) is 14.5. The van der Waals surface area contributed by atoms with Gasteiger partial charge in [-0.25, -0.2) is 0 Å². The number of carbonyl (C=O) groups excluding carboxylic acids is 2. The van der Waals surface area contributed by atoms with Crippen molar-refractivity contribution in [3.05, 3.63) is 34.9 Å². The number of amides is 2. The molecule has 1 aromatic carbocycles. The molecule has 0 radical (unpaired) electrons. The molecule has 1 saturated carbocycles. The van der Waals surface area contributed by atoms with Crippen LogP contribution in [-0.2, 0) is 9.59 Å². The zero-order chi connectivity index (χ0) is 18.7. The number of hydrogen-bond donors (Lipinski definition) is 2. The maximum absolute atomic E-state index is 12.4. The molecule has 2 N–H and O–H groups in total. The number of hydrogen-bond acceptors (Lipinski definition) is 3. The van der Waals surface area contributed by atoms with Gasteiger partial charge in [0, 0.05) is 36.6 Å². The minimum absolute atomic E-state index is 0.0276. The highest BCUT2D eigenvalue weighted by molar-refractivity contribution is 6.30. The molecule has 0 unspecified atom stereocenters. The largest absolute Gasteiger partial charge is 0.481 e. The molecule has 2 aliphatic rings. The number of carbonyl (C=O) groups is 3. The van der Waals surface area contributed by atoms with Crippen LogP contribution >= 0.6 is 11.6 Å². The zero-order valence-corrected chi connectivity index (χ0v) is 15.2. The molecule has 1 aromatic rings. The van der Waals surface area contributed by atoms with Crippen molar-refractivity contribution in [3.8, 4) is 0 Å². The van der Waals surface area contributed by atoms with Gasteiger partial charge in [0.2, 0.25) is 5.91 Å².